The third-order valence-electron chi connectivity index (χ3n) is 4.69. The lowest BCUT2D eigenvalue weighted by Gasteiger charge is -2.13. The molecule has 2 aromatic carbocycles. The molecule has 3 rings (SSSR count). The van der Waals surface area contributed by atoms with Crippen LogP contribution in [0.4, 0.5) is 8.78 Å². The third kappa shape index (κ3) is 5.48. The molecule has 1 N–H and O–H groups in total. The van der Waals surface area contributed by atoms with E-state index in [4.69, 9.17) is 0 Å². The number of nitrogens with zero attached hydrogens (tertiary/aromatic N) is 2. The number of ketones is 1. The number of hydrogen-bond donors (Lipinski definition) is 1. The third-order valence-corrected chi connectivity index (χ3v) is 4.69. The Morgan fingerprint density at radius 3 is 1.97 bits per heavy atom. The zero-order chi connectivity index (χ0) is 24.1. The minimum atomic E-state index is -1.26. The fourth-order valence-electron chi connectivity index (χ4n) is 3.00. The number of carbonyl (C=O) groups is 2. The summed E-state index contributed by atoms with van der Waals surface area (Å²) in [6.45, 7) is -0.346. The van der Waals surface area contributed by atoms with E-state index in [0.29, 0.717) is 17.2 Å². The molecule has 0 amide bonds. The first kappa shape index (κ1) is 23.3. The molecule has 8 nitrogen and oxygen atoms in total. The lowest BCUT2D eigenvalue weighted by atomic mass is 10.2. The van der Waals surface area contributed by atoms with Crippen LogP contribution in [0.15, 0.2) is 70.4 Å². The van der Waals surface area contributed by atoms with Crippen molar-refractivity contribution in [3.63, 3.8) is 0 Å². The van der Waals surface area contributed by atoms with Gasteiger partial charge in [-0.1, -0.05) is 24.3 Å². The maximum absolute atomic E-state index is 13.2. The van der Waals surface area contributed by atoms with Crippen LogP contribution in [0.2, 0.25) is 0 Å². The summed E-state index contributed by atoms with van der Waals surface area (Å²) in [5, 5.41) is 10.4. The van der Waals surface area contributed by atoms with Crippen molar-refractivity contribution in [1.82, 2.24) is 9.13 Å². The predicted octanol–water partition coefficient (Wildman–Crippen LogP) is 2.03. The highest BCUT2D eigenvalue weighted by atomic mass is 19.1. The van der Waals surface area contributed by atoms with Crippen LogP contribution in [-0.4, -0.2) is 33.1 Å². The molecule has 0 spiro atoms. The van der Waals surface area contributed by atoms with Crippen LogP contribution < -0.4 is 11.2 Å². The van der Waals surface area contributed by atoms with Crippen LogP contribution in [0.5, 0.6) is 0 Å². The molecule has 170 valence electrons. The van der Waals surface area contributed by atoms with Crippen LogP contribution in [0, 0.1) is 11.6 Å². The number of benzene rings is 2. The van der Waals surface area contributed by atoms with E-state index in [1.807, 2.05) is 0 Å². The fraction of sp³-hybridized carbons (Fsp3) is 0.130. The Hall–Kier alpha value is -4.34. The monoisotopic (exact) mass is 456 g/mol. The Morgan fingerprint density at radius 1 is 0.939 bits per heavy atom. The summed E-state index contributed by atoms with van der Waals surface area (Å²) in [5.74, 6) is -4.30. The maximum atomic E-state index is 13.2. The van der Waals surface area contributed by atoms with Crippen LogP contribution in [0.3, 0.4) is 0 Å². The number of aliphatic hydroxyl groups is 1. The normalized spacial score (nSPS) is 11.3. The Bertz CT molecular complexity index is 1340. The van der Waals surface area contributed by atoms with Gasteiger partial charge in [-0.3, -0.25) is 18.7 Å². The lowest BCUT2D eigenvalue weighted by molar-refractivity contribution is -0.149. The SMILES string of the molecule is COC(=O)C(=O)/C=C(\O)c1cn(Cc2ccc(F)cc2)c(=O)n(Cc2ccc(F)cc2)c1=O. The summed E-state index contributed by atoms with van der Waals surface area (Å²) in [6, 6.07) is 10.4. The van der Waals surface area contributed by atoms with Gasteiger partial charge in [0, 0.05) is 12.3 Å². The number of rotatable bonds is 7. The Kier molecular flexibility index (Phi) is 6.97. The smallest absolute Gasteiger partial charge is 0.378 e. The topological polar surface area (TPSA) is 108 Å². The number of methoxy groups -OCH3 is 1. The van der Waals surface area contributed by atoms with Crippen LogP contribution >= 0.6 is 0 Å². The zero-order valence-corrected chi connectivity index (χ0v) is 17.3. The summed E-state index contributed by atoms with van der Waals surface area (Å²) >= 11 is 0. The molecule has 3 aromatic rings. The van der Waals surface area contributed by atoms with Crippen molar-refractivity contribution in [2.24, 2.45) is 0 Å². The molecule has 0 bridgehead atoms. The van der Waals surface area contributed by atoms with Gasteiger partial charge in [-0.05, 0) is 35.4 Å². The number of aromatic nitrogens is 2. The molecule has 0 saturated carbocycles. The molecule has 1 aromatic heterocycles. The number of halogens is 2. The van der Waals surface area contributed by atoms with Crippen molar-refractivity contribution in [2.45, 2.75) is 13.1 Å². The molecule has 1 heterocycles. The van der Waals surface area contributed by atoms with Gasteiger partial charge in [0.1, 0.15) is 17.4 Å². The molecular formula is C23H18F2N2O6. The minimum absolute atomic E-state index is 0.0892. The van der Waals surface area contributed by atoms with E-state index < -0.39 is 46.0 Å². The first-order valence-electron chi connectivity index (χ1n) is 9.56. The van der Waals surface area contributed by atoms with Gasteiger partial charge >= 0.3 is 11.7 Å². The fourth-order valence-corrected chi connectivity index (χ4v) is 3.00. The van der Waals surface area contributed by atoms with Crippen molar-refractivity contribution in [1.29, 1.82) is 0 Å². The maximum Gasteiger partial charge on any atom is 0.378 e. The second-order valence-corrected chi connectivity index (χ2v) is 6.98. The molecule has 0 aliphatic carbocycles. The van der Waals surface area contributed by atoms with Gasteiger partial charge < -0.3 is 9.84 Å². The van der Waals surface area contributed by atoms with E-state index in [0.717, 1.165) is 34.6 Å². The Morgan fingerprint density at radius 2 is 1.45 bits per heavy atom. The van der Waals surface area contributed by atoms with Crippen molar-refractivity contribution >= 4 is 17.5 Å². The summed E-state index contributed by atoms with van der Waals surface area (Å²) in [4.78, 5) is 49.1. The average molecular weight is 456 g/mol. The number of hydrogen-bond acceptors (Lipinski definition) is 6. The molecule has 0 aliphatic heterocycles. The second kappa shape index (κ2) is 9.86. The van der Waals surface area contributed by atoms with E-state index in [9.17, 15) is 33.1 Å². The van der Waals surface area contributed by atoms with E-state index in [1.165, 1.54) is 36.4 Å². The quantitative estimate of drug-likeness (QED) is 0.252. The highest BCUT2D eigenvalue weighted by Gasteiger charge is 2.18. The second-order valence-electron chi connectivity index (χ2n) is 6.98. The molecule has 0 unspecified atom stereocenters. The zero-order valence-electron chi connectivity index (χ0n) is 17.3. The van der Waals surface area contributed by atoms with Gasteiger partial charge in [-0.15, -0.1) is 0 Å². The molecular weight excluding hydrogens is 438 g/mol. The largest absolute Gasteiger partial charge is 0.507 e. The van der Waals surface area contributed by atoms with Gasteiger partial charge in [0.2, 0.25) is 0 Å². The lowest BCUT2D eigenvalue weighted by Crippen LogP contribution is -2.41. The van der Waals surface area contributed by atoms with Gasteiger partial charge in [0.25, 0.3) is 11.3 Å². The van der Waals surface area contributed by atoms with Crippen molar-refractivity contribution in [3.8, 4) is 0 Å². The van der Waals surface area contributed by atoms with Crippen LogP contribution in [0.1, 0.15) is 16.7 Å². The van der Waals surface area contributed by atoms with E-state index >= 15 is 0 Å². The average Bonchev–Trinajstić information content (AvgIpc) is 2.80. The predicted molar refractivity (Wildman–Crippen MR) is 114 cm³/mol. The Balaban J connectivity index is 2.14. The molecule has 0 atom stereocenters. The van der Waals surface area contributed by atoms with E-state index in [2.05, 4.69) is 4.74 Å². The summed E-state index contributed by atoms with van der Waals surface area (Å²) in [5.41, 5.74) is -1.19. The number of aliphatic hydroxyl groups excluding tert-OH is 1. The van der Waals surface area contributed by atoms with Gasteiger partial charge in [0.15, 0.2) is 0 Å². The first-order valence-corrected chi connectivity index (χ1v) is 9.56. The highest BCUT2D eigenvalue weighted by Crippen LogP contribution is 2.10. The Labute approximate surface area is 185 Å². The molecule has 0 saturated heterocycles. The molecule has 0 radical (unpaired) electrons. The molecule has 10 heteroatoms. The van der Waals surface area contributed by atoms with Gasteiger partial charge in [-0.25, -0.2) is 18.4 Å². The molecule has 0 aliphatic rings. The van der Waals surface area contributed by atoms with Gasteiger partial charge in [0.05, 0.1) is 25.8 Å². The summed E-state index contributed by atoms with van der Waals surface area (Å²) in [6.07, 6.45) is 1.54. The van der Waals surface area contributed by atoms with Crippen molar-refractivity contribution in [3.05, 3.63) is 110 Å². The highest BCUT2D eigenvalue weighted by molar-refractivity contribution is 6.39. The first-order chi connectivity index (χ1) is 15.7. The standard InChI is InChI=1S/C23H18F2N2O6/c1-33-22(31)20(29)10-19(28)18-13-26(11-14-2-6-16(24)7-3-14)23(32)27(21(18)30)12-15-4-8-17(25)9-5-15/h2-10,13,28H,11-12H2,1H3/b19-10-. The van der Waals surface area contributed by atoms with E-state index in [1.54, 1.807) is 0 Å². The summed E-state index contributed by atoms with van der Waals surface area (Å²) in [7, 11) is 0.976. The van der Waals surface area contributed by atoms with E-state index in [-0.39, 0.29) is 13.1 Å². The van der Waals surface area contributed by atoms with Crippen molar-refractivity contribution in [2.75, 3.05) is 7.11 Å². The van der Waals surface area contributed by atoms with Gasteiger partial charge in [-0.2, -0.15) is 0 Å². The number of ether oxygens (including phenoxy) is 1. The van der Waals surface area contributed by atoms with Crippen molar-refractivity contribution < 1.29 is 28.2 Å². The molecule has 0 fully saturated rings. The minimum Gasteiger partial charge on any atom is -0.507 e. The summed E-state index contributed by atoms with van der Waals surface area (Å²) < 4.78 is 32.6. The number of esters is 1. The van der Waals surface area contributed by atoms with Crippen LogP contribution in [-0.2, 0) is 27.4 Å². The molecule has 33 heavy (non-hydrogen) atoms. The van der Waals surface area contributed by atoms with Crippen LogP contribution in [0.25, 0.3) is 5.76 Å². The number of carbonyl (C=O) groups excluding carboxylic acids is 2.